The van der Waals surface area contributed by atoms with E-state index in [0.717, 1.165) is 5.56 Å². The van der Waals surface area contributed by atoms with Crippen LogP contribution in [0, 0.1) is 5.92 Å². The zero-order valence-electron chi connectivity index (χ0n) is 14.0. The molecule has 2 heterocycles. The normalized spacial score (nSPS) is 21.1. The molecule has 25 heavy (non-hydrogen) atoms. The van der Waals surface area contributed by atoms with E-state index in [0.29, 0.717) is 19.0 Å². The maximum atomic E-state index is 12.2. The van der Waals surface area contributed by atoms with E-state index in [2.05, 4.69) is 4.98 Å². The Labute approximate surface area is 151 Å². The van der Waals surface area contributed by atoms with Gasteiger partial charge in [-0.05, 0) is 18.2 Å². The molecule has 0 unspecified atom stereocenters. The van der Waals surface area contributed by atoms with Crippen molar-refractivity contribution in [3.63, 3.8) is 0 Å². The van der Waals surface area contributed by atoms with Crippen LogP contribution in [0.4, 0.5) is 0 Å². The van der Waals surface area contributed by atoms with Gasteiger partial charge >= 0.3 is 0 Å². The third-order valence-corrected chi connectivity index (χ3v) is 6.64. The average molecular weight is 386 g/mol. The van der Waals surface area contributed by atoms with Gasteiger partial charge in [0.1, 0.15) is 11.6 Å². The Hall–Kier alpha value is -1.61. The summed E-state index contributed by atoms with van der Waals surface area (Å²) in [5, 5.41) is 9.83. The molecule has 1 N–H and O–H groups in total. The molecule has 2 atom stereocenters. The molecule has 0 saturated carbocycles. The summed E-state index contributed by atoms with van der Waals surface area (Å²) in [7, 11) is -0.272. The van der Waals surface area contributed by atoms with Crippen LogP contribution >= 0.6 is 11.6 Å². The molecule has 7 nitrogen and oxygen atoms in total. The third kappa shape index (κ3) is 3.67. The van der Waals surface area contributed by atoms with Crippen molar-refractivity contribution in [2.24, 2.45) is 5.92 Å². The van der Waals surface area contributed by atoms with Crippen molar-refractivity contribution in [2.45, 2.75) is 6.04 Å². The van der Waals surface area contributed by atoms with Crippen LogP contribution in [0.15, 0.2) is 30.6 Å². The van der Waals surface area contributed by atoms with Crippen LogP contribution in [0.3, 0.4) is 0 Å². The molecule has 1 fully saturated rings. The Bertz CT molecular complexity index is 866. The summed E-state index contributed by atoms with van der Waals surface area (Å²) in [6, 6.07) is 4.73. The van der Waals surface area contributed by atoms with E-state index in [1.54, 1.807) is 18.3 Å². The van der Waals surface area contributed by atoms with Crippen molar-refractivity contribution in [1.82, 2.24) is 13.9 Å². The molecule has 9 heteroatoms. The van der Waals surface area contributed by atoms with Crippen molar-refractivity contribution in [1.29, 1.82) is 0 Å². The number of sulfonamides is 1. The van der Waals surface area contributed by atoms with Gasteiger partial charge in [-0.25, -0.2) is 17.7 Å². The number of rotatable bonds is 5. The quantitative estimate of drug-likeness (QED) is 0.850. The zero-order chi connectivity index (χ0) is 18.2. The van der Waals surface area contributed by atoms with E-state index < -0.39 is 10.0 Å². The second-order valence-electron chi connectivity index (χ2n) is 6.25. The minimum absolute atomic E-state index is 0.00248. The number of phenolic OH excluding ortho intramolecular Hbond substituents is 1. The highest BCUT2D eigenvalue weighted by atomic mass is 35.5. The van der Waals surface area contributed by atoms with Crippen molar-refractivity contribution in [2.75, 3.05) is 33.1 Å². The fraction of sp³-hybridized carbons (Fsp3) is 0.438. The molecule has 2 aromatic rings. The van der Waals surface area contributed by atoms with E-state index >= 15 is 0 Å². The standard InChI is InChI=1S/C16H20ClN3O4S/c1-19(2)25(22,23)10-12-8-24-9-14(12)20-6-5-18-16(20)11-3-4-15(21)13(17)7-11/h3-7,12,14,21H,8-10H2,1-2H3/t12-,14-/m1/s1. The molecule has 0 spiro atoms. The summed E-state index contributed by atoms with van der Waals surface area (Å²) >= 11 is 6.00. The maximum absolute atomic E-state index is 12.2. The van der Waals surface area contributed by atoms with Crippen molar-refractivity contribution < 1.29 is 18.3 Å². The molecular formula is C16H20ClN3O4S. The van der Waals surface area contributed by atoms with Gasteiger partial charge < -0.3 is 14.4 Å². The Balaban J connectivity index is 1.92. The van der Waals surface area contributed by atoms with Gasteiger partial charge in [-0.2, -0.15) is 0 Å². The summed E-state index contributed by atoms with van der Waals surface area (Å²) in [4.78, 5) is 4.38. The Kier molecular flexibility index (Phi) is 5.06. The third-order valence-electron chi connectivity index (χ3n) is 4.38. The minimum Gasteiger partial charge on any atom is -0.506 e. The first-order chi connectivity index (χ1) is 11.8. The number of imidazole rings is 1. The summed E-state index contributed by atoms with van der Waals surface area (Å²) < 4.78 is 33.2. The van der Waals surface area contributed by atoms with E-state index in [4.69, 9.17) is 16.3 Å². The lowest BCUT2D eigenvalue weighted by molar-refractivity contribution is 0.182. The van der Waals surface area contributed by atoms with E-state index in [9.17, 15) is 13.5 Å². The number of ether oxygens (including phenoxy) is 1. The van der Waals surface area contributed by atoms with Crippen LogP contribution < -0.4 is 0 Å². The number of aromatic hydroxyl groups is 1. The maximum Gasteiger partial charge on any atom is 0.214 e. The molecule has 0 bridgehead atoms. The molecule has 1 aliphatic heterocycles. The van der Waals surface area contributed by atoms with Gasteiger partial charge in [0, 0.05) is 38.0 Å². The Morgan fingerprint density at radius 3 is 2.84 bits per heavy atom. The van der Waals surface area contributed by atoms with Crippen LogP contribution in [-0.2, 0) is 14.8 Å². The molecule has 1 aliphatic rings. The number of aromatic nitrogens is 2. The fourth-order valence-electron chi connectivity index (χ4n) is 2.92. The summed E-state index contributed by atoms with van der Waals surface area (Å²) in [5.41, 5.74) is 0.744. The second-order valence-corrected chi connectivity index (χ2v) is 8.88. The number of nitrogens with zero attached hydrogens (tertiary/aromatic N) is 3. The van der Waals surface area contributed by atoms with Crippen LogP contribution in [-0.4, -0.2) is 60.4 Å². The molecule has 136 valence electrons. The number of phenols is 1. The second kappa shape index (κ2) is 6.95. The lowest BCUT2D eigenvalue weighted by Crippen LogP contribution is -2.32. The average Bonchev–Trinajstić information content (AvgIpc) is 3.18. The van der Waals surface area contributed by atoms with Crippen molar-refractivity contribution in [3.8, 4) is 17.1 Å². The van der Waals surface area contributed by atoms with Crippen LogP contribution in [0.25, 0.3) is 11.4 Å². The summed E-state index contributed by atoms with van der Waals surface area (Å²) in [6.07, 6.45) is 3.47. The lowest BCUT2D eigenvalue weighted by atomic mass is 10.1. The molecule has 3 rings (SSSR count). The monoisotopic (exact) mass is 385 g/mol. The number of halogens is 1. The first-order valence-corrected chi connectivity index (χ1v) is 9.78. The van der Waals surface area contributed by atoms with Gasteiger partial charge in [0.25, 0.3) is 0 Å². The largest absolute Gasteiger partial charge is 0.506 e. The van der Waals surface area contributed by atoms with Crippen molar-refractivity contribution in [3.05, 3.63) is 35.6 Å². The summed E-state index contributed by atoms with van der Waals surface area (Å²) in [5.74, 6) is 0.499. The zero-order valence-corrected chi connectivity index (χ0v) is 15.5. The highest BCUT2D eigenvalue weighted by Crippen LogP contribution is 2.34. The van der Waals surface area contributed by atoms with Gasteiger partial charge in [0.15, 0.2) is 0 Å². The van der Waals surface area contributed by atoms with E-state index in [1.165, 1.54) is 24.5 Å². The smallest absolute Gasteiger partial charge is 0.214 e. The Morgan fingerprint density at radius 2 is 2.16 bits per heavy atom. The molecule has 0 aliphatic carbocycles. The molecule has 1 aromatic carbocycles. The molecule has 1 saturated heterocycles. The first kappa shape index (κ1) is 18.2. The molecule has 0 radical (unpaired) electrons. The highest BCUT2D eigenvalue weighted by molar-refractivity contribution is 7.89. The fourth-order valence-corrected chi connectivity index (χ4v) is 4.26. The number of hydrogen-bond donors (Lipinski definition) is 1. The van der Waals surface area contributed by atoms with Gasteiger partial charge in [-0.3, -0.25) is 0 Å². The minimum atomic E-state index is -3.33. The first-order valence-electron chi connectivity index (χ1n) is 7.79. The van der Waals surface area contributed by atoms with E-state index in [-0.39, 0.29) is 28.5 Å². The van der Waals surface area contributed by atoms with Crippen molar-refractivity contribution >= 4 is 21.6 Å². The van der Waals surface area contributed by atoms with Crippen LogP contribution in [0.5, 0.6) is 5.75 Å². The van der Waals surface area contributed by atoms with Gasteiger partial charge in [-0.15, -0.1) is 0 Å². The number of benzene rings is 1. The lowest BCUT2D eigenvalue weighted by Gasteiger charge is -2.22. The van der Waals surface area contributed by atoms with Crippen LogP contribution in [0.2, 0.25) is 5.02 Å². The molecule has 1 aromatic heterocycles. The predicted octanol–water partition coefficient (Wildman–Crippen LogP) is 1.99. The highest BCUT2D eigenvalue weighted by Gasteiger charge is 2.35. The summed E-state index contributed by atoms with van der Waals surface area (Å²) in [6.45, 7) is 0.800. The molecular weight excluding hydrogens is 366 g/mol. The van der Waals surface area contributed by atoms with Gasteiger partial charge in [0.2, 0.25) is 10.0 Å². The topological polar surface area (TPSA) is 84.7 Å². The predicted molar refractivity (Wildman–Crippen MR) is 95.2 cm³/mol. The van der Waals surface area contributed by atoms with Crippen LogP contribution in [0.1, 0.15) is 6.04 Å². The Morgan fingerprint density at radius 1 is 1.40 bits per heavy atom. The van der Waals surface area contributed by atoms with Gasteiger partial charge in [-0.1, -0.05) is 11.6 Å². The van der Waals surface area contributed by atoms with Gasteiger partial charge in [0.05, 0.1) is 30.0 Å². The van der Waals surface area contributed by atoms with E-state index in [1.807, 2.05) is 10.8 Å². The SMILES string of the molecule is CN(C)S(=O)(=O)C[C@H]1COC[C@H]1n1ccnc1-c1ccc(O)c(Cl)c1. The number of hydrogen-bond acceptors (Lipinski definition) is 5. The molecule has 0 amide bonds.